The van der Waals surface area contributed by atoms with E-state index in [-0.39, 0.29) is 6.08 Å². The van der Waals surface area contributed by atoms with Gasteiger partial charge in [0.05, 0.1) is 5.69 Å². The summed E-state index contributed by atoms with van der Waals surface area (Å²) >= 11 is 5.95. The zero-order chi connectivity index (χ0) is 14.5. The summed E-state index contributed by atoms with van der Waals surface area (Å²) in [7, 11) is 0. The van der Waals surface area contributed by atoms with Crippen molar-refractivity contribution in [2.75, 3.05) is 6.54 Å². The van der Waals surface area contributed by atoms with Crippen molar-refractivity contribution in [3.05, 3.63) is 40.7 Å². The first-order valence-electron chi connectivity index (χ1n) is 6.63. The molecule has 1 aromatic heterocycles. The highest BCUT2D eigenvalue weighted by Crippen LogP contribution is 2.27. The number of halogens is 1. The second kappa shape index (κ2) is 6.77. The van der Waals surface area contributed by atoms with Crippen LogP contribution in [0.15, 0.2) is 28.9 Å². The predicted molar refractivity (Wildman–Crippen MR) is 79.3 cm³/mol. The number of aryl methyl sites for hydroxylation is 1. The molecule has 108 valence electrons. The maximum absolute atomic E-state index is 5.95. The predicted octanol–water partition coefficient (Wildman–Crippen LogP) is 4.17. The summed E-state index contributed by atoms with van der Waals surface area (Å²) in [5, 5.41) is 3.92. The largest absolute Gasteiger partial charge is 0.417 e. The molecule has 0 spiro atoms. The number of aromatic nitrogens is 1. The molecule has 2 aromatic rings. The molecular formula is C15H19ClN2O2. The molecule has 5 heteroatoms. The lowest BCUT2D eigenvalue weighted by molar-refractivity contribution is 0.329. The summed E-state index contributed by atoms with van der Waals surface area (Å²) in [6, 6.07) is 5.46. The van der Waals surface area contributed by atoms with Crippen molar-refractivity contribution in [2.45, 2.75) is 27.3 Å². The molecule has 0 aliphatic heterocycles. The van der Waals surface area contributed by atoms with Gasteiger partial charge in [-0.15, -0.1) is 0 Å². The molecule has 1 N–H and O–H groups in total. The summed E-state index contributed by atoms with van der Waals surface area (Å²) in [6.07, 6.45) is 1.83. The molecule has 0 aliphatic carbocycles. The number of benzene rings is 1. The lowest BCUT2D eigenvalue weighted by Crippen LogP contribution is -2.19. The maximum atomic E-state index is 5.95. The molecule has 1 aromatic carbocycles. The van der Waals surface area contributed by atoms with Crippen molar-refractivity contribution >= 4 is 11.6 Å². The molecule has 0 aliphatic rings. The molecule has 0 bridgehead atoms. The first-order chi connectivity index (χ1) is 9.54. The Morgan fingerprint density at radius 3 is 2.95 bits per heavy atom. The number of nitrogens with zero attached hydrogens (tertiary/aromatic N) is 1. The van der Waals surface area contributed by atoms with Gasteiger partial charge >= 0.3 is 6.08 Å². The average molecular weight is 295 g/mol. The Bertz CT molecular complexity index is 567. The fourth-order valence-corrected chi connectivity index (χ4v) is 1.85. The van der Waals surface area contributed by atoms with Crippen LogP contribution < -0.4 is 10.1 Å². The van der Waals surface area contributed by atoms with Crippen LogP contribution in [0, 0.1) is 12.8 Å². The summed E-state index contributed by atoms with van der Waals surface area (Å²) in [6.45, 7) is 7.87. The first kappa shape index (κ1) is 14.9. The first-order valence-corrected chi connectivity index (χ1v) is 7.01. The molecular weight excluding hydrogens is 276 g/mol. The number of hydrogen-bond donors (Lipinski definition) is 1. The number of ether oxygens (including phenoxy) is 1. The molecule has 2 rings (SSSR count). The highest BCUT2D eigenvalue weighted by molar-refractivity contribution is 6.30. The zero-order valence-electron chi connectivity index (χ0n) is 11.9. The van der Waals surface area contributed by atoms with E-state index in [4.69, 9.17) is 20.8 Å². The van der Waals surface area contributed by atoms with Crippen LogP contribution in [0.4, 0.5) is 0 Å². The molecule has 0 fully saturated rings. The van der Waals surface area contributed by atoms with Crippen LogP contribution in [-0.4, -0.2) is 11.5 Å². The summed E-state index contributed by atoms with van der Waals surface area (Å²) in [5.41, 5.74) is 1.80. The summed E-state index contributed by atoms with van der Waals surface area (Å²) < 4.78 is 10.9. The van der Waals surface area contributed by atoms with Gasteiger partial charge in [-0.3, -0.25) is 0 Å². The molecule has 0 saturated heterocycles. The van der Waals surface area contributed by atoms with E-state index < -0.39 is 0 Å². The van der Waals surface area contributed by atoms with E-state index in [0.29, 0.717) is 23.2 Å². The SMILES string of the molecule is Cc1ccc(Cl)cc1Oc1nc(CNCC(C)C)co1. The van der Waals surface area contributed by atoms with Crippen molar-refractivity contribution in [3.63, 3.8) is 0 Å². The van der Waals surface area contributed by atoms with Gasteiger partial charge in [0.15, 0.2) is 0 Å². The van der Waals surface area contributed by atoms with Crippen LogP contribution in [0.1, 0.15) is 25.1 Å². The smallest absolute Gasteiger partial charge is 0.399 e. The summed E-state index contributed by atoms with van der Waals surface area (Å²) in [5.74, 6) is 1.26. The minimum atomic E-state index is 0.233. The van der Waals surface area contributed by atoms with Gasteiger partial charge < -0.3 is 14.5 Å². The van der Waals surface area contributed by atoms with E-state index in [9.17, 15) is 0 Å². The van der Waals surface area contributed by atoms with Gasteiger partial charge in [0.25, 0.3) is 0 Å². The van der Waals surface area contributed by atoms with Gasteiger partial charge in [-0.1, -0.05) is 31.5 Å². The number of nitrogens with one attached hydrogen (secondary N) is 1. The lowest BCUT2D eigenvalue weighted by atomic mass is 10.2. The van der Waals surface area contributed by atoms with Gasteiger partial charge in [0, 0.05) is 11.6 Å². The molecule has 0 amide bonds. The standard InChI is InChI=1S/C15H19ClN2O2/c1-10(2)7-17-8-13-9-19-15(18-13)20-14-6-12(16)5-4-11(14)3/h4-6,9-10,17H,7-8H2,1-3H3. The van der Waals surface area contributed by atoms with Crippen molar-refractivity contribution in [3.8, 4) is 11.8 Å². The van der Waals surface area contributed by atoms with Crippen molar-refractivity contribution in [2.24, 2.45) is 5.92 Å². The van der Waals surface area contributed by atoms with E-state index in [1.165, 1.54) is 0 Å². The fourth-order valence-electron chi connectivity index (χ4n) is 1.68. The Morgan fingerprint density at radius 1 is 1.40 bits per heavy atom. The Balaban J connectivity index is 1.97. The molecule has 20 heavy (non-hydrogen) atoms. The minimum Gasteiger partial charge on any atom is -0.417 e. The second-order valence-electron chi connectivity index (χ2n) is 5.14. The van der Waals surface area contributed by atoms with Gasteiger partial charge in [-0.2, -0.15) is 4.98 Å². The third kappa shape index (κ3) is 4.25. The van der Waals surface area contributed by atoms with Crippen LogP contribution in [-0.2, 0) is 6.54 Å². The lowest BCUT2D eigenvalue weighted by Gasteiger charge is -2.05. The summed E-state index contributed by atoms with van der Waals surface area (Å²) in [4.78, 5) is 4.28. The molecule has 0 saturated carbocycles. The van der Waals surface area contributed by atoms with E-state index in [0.717, 1.165) is 17.8 Å². The normalized spacial score (nSPS) is 11.1. The third-order valence-corrected chi connectivity index (χ3v) is 2.97. The Kier molecular flexibility index (Phi) is 5.04. The van der Waals surface area contributed by atoms with Crippen LogP contribution in [0.25, 0.3) is 0 Å². The van der Waals surface area contributed by atoms with Crippen molar-refractivity contribution in [1.82, 2.24) is 10.3 Å². The van der Waals surface area contributed by atoms with Crippen LogP contribution in [0.5, 0.6) is 11.8 Å². The monoisotopic (exact) mass is 294 g/mol. The number of hydrogen-bond acceptors (Lipinski definition) is 4. The number of oxazole rings is 1. The van der Waals surface area contributed by atoms with E-state index in [1.54, 1.807) is 12.3 Å². The van der Waals surface area contributed by atoms with Crippen molar-refractivity contribution < 1.29 is 9.15 Å². The van der Waals surface area contributed by atoms with Gasteiger partial charge in [-0.05, 0) is 37.1 Å². The van der Waals surface area contributed by atoms with Crippen molar-refractivity contribution in [1.29, 1.82) is 0 Å². The van der Waals surface area contributed by atoms with Gasteiger partial charge in [-0.25, -0.2) is 0 Å². The minimum absolute atomic E-state index is 0.233. The average Bonchev–Trinajstić information content (AvgIpc) is 2.81. The Morgan fingerprint density at radius 2 is 2.20 bits per heavy atom. The fraction of sp³-hybridized carbons (Fsp3) is 0.400. The topological polar surface area (TPSA) is 47.3 Å². The highest BCUT2D eigenvalue weighted by atomic mass is 35.5. The quantitative estimate of drug-likeness (QED) is 0.868. The van der Waals surface area contributed by atoms with Crippen LogP contribution >= 0.6 is 11.6 Å². The van der Waals surface area contributed by atoms with E-state index in [2.05, 4.69) is 24.1 Å². The molecule has 0 radical (unpaired) electrons. The molecule has 4 nitrogen and oxygen atoms in total. The van der Waals surface area contributed by atoms with Crippen LogP contribution in [0.2, 0.25) is 5.02 Å². The molecule has 0 unspecified atom stereocenters. The number of rotatable bonds is 6. The highest BCUT2D eigenvalue weighted by Gasteiger charge is 2.09. The second-order valence-corrected chi connectivity index (χ2v) is 5.58. The molecule has 1 heterocycles. The van der Waals surface area contributed by atoms with E-state index >= 15 is 0 Å². The van der Waals surface area contributed by atoms with Crippen LogP contribution in [0.3, 0.4) is 0 Å². The maximum Gasteiger partial charge on any atom is 0.399 e. The third-order valence-electron chi connectivity index (χ3n) is 2.74. The molecule has 0 atom stereocenters. The Labute approximate surface area is 124 Å². The zero-order valence-corrected chi connectivity index (χ0v) is 12.7. The van der Waals surface area contributed by atoms with Gasteiger partial charge in [0.1, 0.15) is 12.0 Å². The Hall–Kier alpha value is -1.52. The van der Waals surface area contributed by atoms with Gasteiger partial charge in [0.2, 0.25) is 0 Å². The van der Waals surface area contributed by atoms with E-state index in [1.807, 2.05) is 19.1 Å².